The van der Waals surface area contributed by atoms with Gasteiger partial charge in [-0.2, -0.15) is 0 Å². The summed E-state index contributed by atoms with van der Waals surface area (Å²) >= 11 is 0. The first-order valence-corrected chi connectivity index (χ1v) is 5.67. The lowest BCUT2D eigenvalue weighted by Crippen LogP contribution is -2.53. The first-order valence-electron chi connectivity index (χ1n) is 5.67. The van der Waals surface area contributed by atoms with Crippen molar-refractivity contribution >= 4 is 16.8 Å². The molecule has 1 amide bonds. The molecular formula is C13H14N2O2. The molecule has 0 atom stereocenters. The fourth-order valence-corrected chi connectivity index (χ4v) is 2.20. The van der Waals surface area contributed by atoms with Gasteiger partial charge in [0.2, 0.25) is 0 Å². The van der Waals surface area contributed by atoms with Crippen LogP contribution in [0.25, 0.3) is 10.9 Å². The number of rotatable bonds is 1. The summed E-state index contributed by atoms with van der Waals surface area (Å²) in [7, 11) is 1.96. The van der Waals surface area contributed by atoms with Gasteiger partial charge in [-0.15, -0.1) is 0 Å². The predicted octanol–water partition coefficient (Wildman–Crippen LogP) is 0.995. The Morgan fingerprint density at radius 3 is 2.82 bits per heavy atom. The molecule has 0 spiro atoms. The maximum Gasteiger partial charge on any atom is 0.254 e. The monoisotopic (exact) mass is 230 g/mol. The topological polar surface area (TPSA) is 45.5 Å². The van der Waals surface area contributed by atoms with Gasteiger partial charge in [-0.25, -0.2) is 0 Å². The normalized spacial score (nSPS) is 16.2. The third-order valence-electron chi connectivity index (χ3n) is 3.28. The lowest BCUT2D eigenvalue weighted by molar-refractivity contribution is 0.00590. The molecule has 1 aliphatic heterocycles. The number of fused-ring (bicyclic) bond motifs is 1. The lowest BCUT2D eigenvalue weighted by atomic mass is 10.1. The van der Waals surface area contributed by atoms with Crippen LogP contribution >= 0.6 is 0 Å². The molecule has 1 aromatic heterocycles. The van der Waals surface area contributed by atoms with E-state index in [4.69, 9.17) is 0 Å². The van der Waals surface area contributed by atoms with Gasteiger partial charge in [-0.05, 0) is 23.6 Å². The van der Waals surface area contributed by atoms with Crippen molar-refractivity contribution in [3.05, 3.63) is 36.0 Å². The molecule has 1 aromatic carbocycles. The Hall–Kier alpha value is -1.81. The van der Waals surface area contributed by atoms with Crippen molar-refractivity contribution in [2.45, 2.75) is 6.10 Å². The van der Waals surface area contributed by atoms with E-state index < -0.39 is 0 Å². The van der Waals surface area contributed by atoms with E-state index in [1.54, 1.807) is 4.90 Å². The van der Waals surface area contributed by atoms with Crippen LogP contribution in [-0.2, 0) is 7.05 Å². The van der Waals surface area contributed by atoms with Gasteiger partial charge in [0, 0.05) is 37.4 Å². The molecule has 0 radical (unpaired) electrons. The van der Waals surface area contributed by atoms with E-state index in [2.05, 4.69) is 0 Å². The molecule has 2 heterocycles. The van der Waals surface area contributed by atoms with Gasteiger partial charge in [-0.1, -0.05) is 6.07 Å². The summed E-state index contributed by atoms with van der Waals surface area (Å²) in [6.07, 6.45) is 1.63. The van der Waals surface area contributed by atoms with Crippen LogP contribution in [0.4, 0.5) is 0 Å². The Labute approximate surface area is 99.1 Å². The first-order chi connectivity index (χ1) is 8.15. The minimum absolute atomic E-state index is 0.00148. The second-order valence-electron chi connectivity index (χ2n) is 4.56. The molecule has 0 unspecified atom stereocenters. The van der Waals surface area contributed by atoms with Gasteiger partial charge in [0.25, 0.3) is 5.91 Å². The number of hydrogen-bond acceptors (Lipinski definition) is 2. The van der Waals surface area contributed by atoms with Crippen LogP contribution in [0, 0.1) is 0 Å². The average molecular weight is 230 g/mol. The largest absolute Gasteiger partial charge is 0.389 e. The molecule has 17 heavy (non-hydrogen) atoms. The molecule has 0 saturated carbocycles. The Balaban J connectivity index is 1.94. The van der Waals surface area contributed by atoms with Gasteiger partial charge < -0.3 is 14.6 Å². The van der Waals surface area contributed by atoms with E-state index >= 15 is 0 Å². The summed E-state index contributed by atoms with van der Waals surface area (Å²) in [6.45, 7) is 0.897. The quantitative estimate of drug-likeness (QED) is 0.794. The van der Waals surface area contributed by atoms with E-state index in [1.165, 1.54) is 0 Å². The number of aliphatic hydroxyl groups is 1. The summed E-state index contributed by atoms with van der Waals surface area (Å²) in [5.74, 6) is -0.00148. The maximum absolute atomic E-state index is 12.1. The second-order valence-corrected chi connectivity index (χ2v) is 4.56. The number of amides is 1. The zero-order valence-corrected chi connectivity index (χ0v) is 9.63. The molecule has 2 aromatic rings. The minimum Gasteiger partial charge on any atom is -0.389 e. The standard InChI is InChI=1S/C13H14N2O2/c1-14-5-4-9-2-3-10(6-12(9)14)13(17)15-7-11(16)8-15/h2-6,11,16H,7-8H2,1H3. The molecular weight excluding hydrogens is 216 g/mol. The fraction of sp³-hybridized carbons (Fsp3) is 0.308. The number of nitrogens with zero attached hydrogens (tertiary/aromatic N) is 2. The SMILES string of the molecule is Cn1ccc2ccc(C(=O)N3CC(O)C3)cc21. The number of benzene rings is 1. The molecule has 1 aliphatic rings. The van der Waals surface area contributed by atoms with Crippen molar-refractivity contribution in [2.75, 3.05) is 13.1 Å². The first kappa shape index (κ1) is 10.4. The molecule has 4 heteroatoms. The Morgan fingerprint density at radius 2 is 2.12 bits per heavy atom. The summed E-state index contributed by atoms with van der Waals surface area (Å²) < 4.78 is 2.00. The van der Waals surface area contributed by atoms with Crippen molar-refractivity contribution in [1.29, 1.82) is 0 Å². The average Bonchev–Trinajstić information content (AvgIpc) is 2.66. The summed E-state index contributed by atoms with van der Waals surface area (Å²) in [5, 5.41) is 10.3. The van der Waals surface area contributed by atoms with Crippen LogP contribution in [0.15, 0.2) is 30.5 Å². The van der Waals surface area contributed by atoms with Crippen LogP contribution < -0.4 is 0 Å². The Morgan fingerprint density at radius 1 is 1.35 bits per heavy atom. The fourth-order valence-electron chi connectivity index (χ4n) is 2.20. The zero-order valence-electron chi connectivity index (χ0n) is 9.63. The molecule has 88 valence electrons. The number of aromatic nitrogens is 1. The van der Waals surface area contributed by atoms with Crippen LogP contribution in [0.2, 0.25) is 0 Å². The number of aliphatic hydroxyl groups excluding tert-OH is 1. The molecule has 3 rings (SSSR count). The molecule has 0 aliphatic carbocycles. The van der Waals surface area contributed by atoms with Crippen molar-refractivity contribution in [2.24, 2.45) is 7.05 Å². The van der Waals surface area contributed by atoms with E-state index in [0.717, 1.165) is 10.9 Å². The maximum atomic E-state index is 12.1. The van der Waals surface area contributed by atoms with Crippen LogP contribution in [-0.4, -0.2) is 39.7 Å². The molecule has 1 N–H and O–H groups in total. The van der Waals surface area contributed by atoms with E-state index in [-0.39, 0.29) is 12.0 Å². The summed E-state index contributed by atoms with van der Waals surface area (Å²) in [6, 6.07) is 7.73. The Bertz CT molecular complexity index is 582. The minimum atomic E-state index is -0.349. The Kier molecular flexibility index (Phi) is 2.19. The van der Waals surface area contributed by atoms with Crippen molar-refractivity contribution < 1.29 is 9.90 Å². The van der Waals surface area contributed by atoms with Crippen molar-refractivity contribution in [3.63, 3.8) is 0 Å². The predicted molar refractivity (Wildman–Crippen MR) is 64.8 cm³/mol. The number of hydrogen-bond donors (Lipinski definition) is 1. The van der Waals surface area contributed by atoms with Crippen LogP contribution in [0.5, 0.6) is 0 Å². The van der Waals surface area contributed by atoms with Crippen LogP contribution in [0.3, 0.4) is 0 Å². The van der Waals surface area contributed by atoms with Crippen LogP contribution in [0.1, 0.15) is 10.4 Å². The third kappa shape index (κ3) is 1.61. The smallest absolute Gasteiger partial charge is 0.254 e. The van der Waals surface area contributed by atoms with Gasteiger partial charge in [0.15, 0.2) is 0 Å². The lowest BCUT2D eigenvalue weighted by Gasteiger charge is -2.35. The van der Waals surface area contributed by atoms with Gasteiger partial charge in [-0.3, -0.25) is 4.79 Å². The number of aryl methyl sites for hydroxylation is 1. The molecule has 0 bridgehead atoms. The van der Waals surface area contributed by atoms with Gasteiger partial charge in [0.05, 0.1) is 6.10 Å². The zero-order chi connectivity index (χ0) is 12.0. The number of carbonyl (C=O) groups is 1. The van der Waals surface area contributed by atoms with Gasteiger partial charge in [0.1, 0.15) is 0 Å². The van der Waals surface area contributed by atoms with Crippen molar-refractivity contribution in [1.82, 2.24) is 9.47 Å². The summed E-state index contributed by atoms with van der Waals surface area (Å²) in [4.78, 5) is 13.7. The van der Waals surface area contributed by atoms with Gasteiger partial charge >= 0.3 is 0 Å². The molecule has 4 nitrogen and oxygen atoms in total. The number of carbonyl (C=O) groups excluding carboxylic acids is 1. The highest BCUT2D eigenvalue weighted by Gasteiger charge is 2.29. The highest BCUT2D eigenvalue weighted by Crippen LogP contribution is 2.19. The molecule has 1 saturated heterocycles. The highest BCUT2D eigenvalue weighted by molar-refractivity contribution is 5.98. The molecule has 1 fully saturated rings. The second kappa shape index (κ2) is 3.60. The third-order valence-corrected chi connectivity index (χ3v) is 3.28. The highest BCUT2D eigenvalue weighted by atomic mass is 16.3. The summed E-state index contributed by atoms with van der Waals surface area (Å²) in [5.41, 5.74) is 1.74. The van der Waals surface area contributed by atoms with E-state index in [1.807, 2.05) is 42.1 Å². The number of β-amino-alcohol motifs (C(OH)–C–C–N with tert-alkyl or cyclic N) is 1. The van der Waals surface area contributed by atoms with Crippen molar-refractivity contribution in [3.8, 4) is 0 Å². The number of likely N-dealkylation sites (tertiary alicyclic amines) is 1. The van der Waals surface area contributed by atoms with E-state index in [9.17, 15) is 9.90 Å². The van der Waals surface area contributed by atoms with E-state index in [0.29, 0.717) is 18.7 Å².